The quantitative estimate of drug-likeness (QED) is 0.801. The van der Waals surface area contributed by atoms with Gasteiger partial charge in [-0.05, 0) is 49.3 Å². The molecular weight excluding hydrogens is 228 g/mol. The van der Waals surface area contributed by atoms with Gasteiger partial charge in [0.25, 0.3) is 0 Å². The summed E-state index contributed by atoms with van der Waals surface area (Å²) in [5, 5.41) is 3.25. The molecular formula is C12H15F2NS. The third-order valence-corrected chi connectivity index (χ3v) is 3.79. The highest BCUT2D eigenvalue weighted by molar-refractivity contribution is 7.98. The lowest BCUT2D eigenvalue weighted by Gasteiger charge is -2.23. The number of piperidine rings is 1. The molecule has 1 fully saturated rings. The molecule has 1 aromatic carbocycles. The van der Waals surface area contributed by atoms with Crippen LogP contribution in [0.5, 0.6) is 0 Å². The van der Waals surface area contributed by atoms with Gasteiger partial charge in [0.1, 0.15) is 11.6 Å². The number of nitrogens with one attached hydrogen (secondary N) is 1. The predicted molar refractivity (Wildman–Crippen MR) is 63.0 cm³/mol. The van der Waals surface area contributed by atoms with Crippen LogP contribution in [0.15, 0.2) is 17.0 Å². The maximum atomic E-state index is 13.6. The smallest absolute Gasteiger partial charge is 0.140 e. The SMILES string of the molecule is CSc1c(F)cc(C2CCCNC2)cc1F. The molecule has 0 aliphatic carbocycles. The number of rotatable bonds is 2. The van der Waals surface area contributed by atoms with Crippen LogP contribution < -0.4 is 5.32 Å². The molecule has 0 radical (unpaired) electrons. The second-order valence-electron chi connectivity index (χ2n) is 4.06. The van der Waals surface area contributed by atoms with Crippen molar-refractivity contribution in [3.8, 4) is 0 Å². The first-order chi connectivity index (χ1) is 7.72. The van der Waals surface area contributed by atoms with Crippen molar-refractivity contribution in [2.24, 2.45) is 0 Å². The number of hydrogen-bond acceptors (Lipinski definition) is 2. The van der Waals surface area contributed by atoms with Gasteiger partial charge in [-0.25, -0.2) is 8.78 Å². The zero-order valence-electron chi connectivity index (χ0n) is 9.22. The summed E-state index contributed by atoms with van der Waals surface area (Å²) >= 11 is 1.11. The highest BCUT2D eigenvalue weighted by atomic mass is 32.2. The van der Waals surface area contributed by atoms with Gasteiger partial charge in [0, 0.05) is 6.54 Å². The molecule has 0 aromatic heterocycles. The summed E-state index contributed by atoms with van der Waals surface area (Å²) in [6.45, 7) is 1.82. The molecule has 0 spiro atoms. The number of thioether (sulfide) groups is 1. The van der Waals surface area contributed by atoms with Gasteiger partial charge in [-0.15, -0.1) is 11.8 Å². The molecule has 1 aliphatic rings. The van der Waals surface area contributed by atoms with Gasteiger partial charge in [0.15, 0.2) is 0 Å². The highest BCUT2D eigenvalue weighted by Crippen LogP contribution is 2.29. The van der Waals surface area contributed by atoms with Crippen molar-refractivity contribution in [1.82, 2.24) is 5.32 Å². The number of halogens is 2. The molecule has 1 aliphatic heterocycles. The third kappa shape index (κ3) is 2.38. The Kier molecular flexibility index (Phi) is 3.82. The van der Waals surface area contributed by atoms with Crippen LogP contribution in [0.3, 0.4) is 0 Å². The Balaban J connectivity index is 2.28. The summed E-state index contributed by atoms with van der Waals surface area (Å²) in [5.74, 6) is -0.630. The van der Waals surface area contributed by atoms with E-state index in [1.165, 1.54) is 12.1 Å². The van der Waals surface area contributed by atoms with Crippen molar-refractivity contribution < 1.29 is 8.78 Å². The van der Waals surface area contributed by atoms with E-state index in [4.69, 9.17) is 0 Å². The summed E-state index contributed by atoms with van der Waals surface area (Å²) in [5.41, 5.74) is 0.778. The van der Waals surface area contributed by atoms with E-state index in [-0.39, 0.29) is 10.8 Å². The average molecular weight is 243 g/mol. The van der Waals surface area contributed by atoms with Crippen LogP contribution in [0, 0.1) is 11.6 Å². The van der Waals surface area contributed by atoms with E-state index in [1.54, 1.807) is 6.26 Å². The minimum absolute atomic E-state index is 0.118. The summed E-state index contributed by atoms with van der Waals surface area (Å²) in [7, 11) is 0. The molecule has 1 saturated heterocycles. The monoisotopic (exact) mass is 243 g/mol. The average Bonchev–Trinajstić information content (AvgIpc) is 2.30. The van der Waals surface area contributed by atoms with Gasteiger partial charge in [-0.2, -0.15) is 0 Å². The lowest BCUT2D eigenvalue weighted by Crippen LogP contribution is -2.28. The van der Waals surface area contributed by atoms with Crippen molar-refractivity contribution in [3.63, 3.8) is 0 Å². The first-order valence-electron chi connectivity index (χ1n) is 5.46. The molecule has 1 unspecified atom stereocenters. The van der Waals surface area contributed by atoms with Crippen LogP contribution in [-0.4, -0.2) is 19.3 Å². The largest absolute Gasteiger partial charge is 0.316 e. The van der Waals surface area contributed by atoms with E-state index in [9.17, 15) is 8.78 Å². The Hall–Kier alpha value is -0.610. The molecule has 0 amide bonds. The van der Waals surface area contributed by atoms with Crippen LogP contribution >= 0.6 is 11.8 Å². The summed E-state index contributed by atoms with van der Waals surface area (Å²) in [6, 6.07) is 2.96. The maximum Gasteiger partial charge on any atom is 0.140 e. The van der Waals surface area contributed by atoms with Gasteiger partial charge < -0.3 is 5.32 Å². The zero-order valence-corrected chi connectivity index (χ0v) is 10.0. The van der Waals surface area contributed by atoms with Crippen LogP contribution in [0.4, 0.5) is 8.78 Å². The first kappa shape index (κ1) is 11.9. The van der Waals surface area contributed by atoms with Gasteiger partial charge in [-0.1, -0.05) is 0 Å². The van der Waals surface area contributed by atoms with Crippen molar-refractivity contribution >= 4 is 11.8 Å². The van der Waals surface area contributed by atoms with Crippen molar-refractivity contribution in [1.29, 1.82) is 0 Å². The fraction of sp³-hybridized carbons (Fsp3) is 0.500. The van der Waals surface area contributed by atoms with E-state index in [1.807, 2.05) is 0 Å². The normalized spacial score (nSPS) is 21.1. The Morgan fingerprint density at radius 3 is 2.50 bits per heavy atom. The van der Waals surface area contributed by atoms with E-state index in [0.29, 0.717) is 0 Å². The molecule has 1 heterocycles. The third-order valence-electron chi connectivity index (χ3n) is 2.99. The van der Waals surface area contributed by atoms with Gasteiger partial charge in [-0.3, -0.25) is 0 Å². The van der Waals surface area contributed by atoms with E-state index >= 15 is 0 Å². The minimum Gasteiger partial charge on any atom is -0.316 e. The molecule has 4 heteroatoms. The Bertz CT molecular complexity index is 352. The number of benzene rings is 1. The Labute approximate surface area is 98.6 Å². The second-order valence-corrected chi connectivity index (χ2v) is 4.88. The Morgan fingerprint density at radius 2 is 2.00 bits per heavy atom. The minimum atomic E-state index is -0.437. The molecule has 16 heavy (non-hydrogen) atoms. The van der Waals surface area contributed by atoms with Crippen LogP contribution in [0.25, 0.3) is 0 Å². The maximum absolute atomic E-state index is 13.6. The summed E-state index contributed by atoms with van der Waals surface area (Å²) in [4.78, 5) is 0.118. The molecule has 2 rings (SSSR count). The first-order valence-corrected chi connectivity index (χ1v) is 6.68. The van der Waals surface area contributed by atoms with Crippen LogP contribution in [0.2, 0.25) is 0 Å². The standard InChI is InChI=1S/C12H15F2NS/c1-16-12-10(13)5-9(6-11(12)14)8-3-2-4-15-7-8/h5-6,8,15H,2-4,7H2,1H3. The molecule has 1 atom stereocenters. The molecule has 1 nitrogen and oxygen atoms in total. The molecule has 0 saturated carbocycles. The van der Waals surface area contributed by atoms with Crippen molar-refractivity contribution in [2.45, 2.75) is 23.7 Å². The van der Waals surface area contributed by atoms with Crippen LogP contribution in [-0.2, 0) is 0 Å². The summed E-state index contributed by atoms with van der Waals surface area (Å²) in [6.07, 6.45) is 3.76. The number of hydrogen-bond donors (Lipinski definition) is 1. The Morgan fingerprint density at radius 1 is 1.31 bits per heavy atom. The highest BCUT2D eigenvalue weighted by Gasteiger charge is 2.18. The van der Waals surface area contributed by atoms with Gasteiger partial charge >= 0.3 is 0 Å². The molecule has 88 valence electrons. The van der Waals surface area contributed by atoms with Crippen molar-refractivity contribution in [2.75, 3.05) is 19.3 Å². The summed E-state index contributed by atoms with van der Waals surface area (Å²) < 4.78 is 27.2. The van der Waals surface area contributed by atoms with E-state index < -0.39 is 11.6 Å². The fourth-order valence-corrected chi connectivity index (χ4v) is 2.65. The van der Waals surface area contributed by atoms with Crippen molar-refractivity contribution in [3.05, 3.63) is 29.3 Å². The molecule has 1 N–H and O–H groups in total. The second kappa shape index (κ2) is 5.15. The van der Waals surface area contributed by atoms with Crippen LogP contribution in [0.1, 0.15) is 24.3 Å². The fourth-order valence-electron chi connectivity index (χ4n) is 2.15. The molecule has 1 aromatic rings. The van der Waals surface area contributed by atoms with E-state index in [2.05, 4.69) is 5.32 Å². The van der Waals surface area contributed by atoms with Gasteiger partial charge in [0.05, 0.1) is 4.90 Å². The van der Waals surface area contributed by atoms with E-state index in [0.717, 1.165) is 43.3 Å². The molecule has 0 bridgehead atoms. The predicted octanol–water partition coefficient (Wildman–Crippen LogP) is 3.15. The van der Waals surface area contributed by atoms with Gasteiger partial charge in [0.2, 0.25) is 0 Å². The lowest BCUT2D eigenvalue weighted by molar-refractivity contribution is 0.454. The zero-order chi connectivity index (χ0) is 11.5. The topological polar surface area (TPSA) is 12.0 Å². The lowest BCUT2D eigenvalue weighted by atomic mass is 9.91.